The van der Waals surface area contributed by atoms with Crippen LogP contribution in [0.15, 0.2) is 77.9 Å². The SMILES string of the molecule is Cc1ncccc1Nc1cc2nc3cc(F)ccc3n(-c3ccc(OC(F)(F)F)cc3)c-2c/c1=N\C1CC1. The van der Waals surface area contributed by atoms with Crippen LogP contribution < -0.4 is 15.4 Å². The van der Waals surface area contributed by atoms with E-state index >= 15 is 0 Å². The van der Waals surface area contributed by atoms with E-state index in [0.29, 0.717) is 28.1 Å². The first kappa shape index (κ1) is 23.9. The van der Waals surface area contributed by atoms with Gasteiger partial charge in [0.2, 0.25) is 0 Å². The fourth-order valence-corrected chi connectivity index (χ4v) is 4.31. The van der Waals surface area contributed by atoms with Crippen molar-refractivity contribution in [1.29, 1.82) is 0 Å². The van der Waals surface area contributed by atoms with E-state index in [4.69, 9.17) is 9.98 Å². The van der Waals surface area contributed by atoms with Crippen LogP contribution in [0.1, 0.15) is 18.5 Å². The lowest BCUT2D eigenvalue weighted by atomic mass is 10.1. The molecule has 3 aliphatic rings. The number of alkyl halides is 3. The molecule has 1 aromatic heterocycles. The molecule has 0 spiro atoms. The van der Waals surface area contributed by atoms with E-state index < -0.39 is 12.2 Å². The molecule has 0 amide bonds. The van der Waals surface area contributed by atoms with Gasteiger partial charge in [0, 0.05) is 18.0 Å². The largest absolute Gasteiger partial charge is 0.573 e. The summed E-state index contributed by atoms with van der Waals surface area (Å²) in [5, 5.41) is 4.13. The van der Waals surface area contributed by atoms with Crippen LogP contribution in [0, 0.1) is 12.7 Å². The number of benzene rings is 3. The summed E-state index contributed by atoms with van der Waals surface area (Å²) in [6.45, 7) is 1.90. The van der Waals surface area contributed by atoms with Crippen molar-refractivity contribution in [3.05, 3.63) is 89.8 Å². The molecule has 10 heteroatoms. The van der Waals surface area contributed by atoms with Crippen LogP contribution in [0.5, 0.6) is 5.75 Å². The van der Waals surface area contributed by atoms with Gasteiger partial charge in [-0.3, -0.25) is 9.98 Å². The smallest absolute Gasteiger partial charge is 0.406 e. The molecule has 6 nitrogen and oxygen atoms in total. The maximum Gasteiger partial charge on any atom is 0.573 e. The number of rotatable bonds is 5. The Morgan fingerprint density at radius 3 is 2.50 bits per heavy atom. The Balaban J connectivity index is 1.58. The molecule has 0 atom stereocenters. The minimum Gasteiger partial charge on any atom is -0.406 e. The summed E-state index contributed by atoms with van der Waals surface area (Å²) in [6.07, 6.45) is -1.08. The van der Waals surface area contributed by atoms with Gasteiger partial charge in [0.1, 0.15) is 11.6 Å². The Morgan fingerprint density at radius 1 is 1.00 bits per heavy atom. The van der Waals surface area contributed by atoms with Crippen LogP contribution in [0.2, 0.25) is 0 Å². The van der Waals surface area contributed by atoms with Crippen molar-refractivity contribution in [2.24, 2.45) is 4.99 Å². The maximum atomic E-state index is 14.2. The Labute approximate surface area is 214 Å². The van der Waals surface area contributed by atoms with E-state index in [-0.39, 0.29) is 11.8 Å². The van der Waals surface area contributed by atoms with Crippen LogP contribution in [0.4, 0.5) is 28.9 Å². The Hall–Kier alpha value is -4.47. The predicted octanol–water partition coefficient (Wildman–Crippen LogP) is 6.68. The highest BCUT2D eigenvalue weighted by Crippen LogP contribution is 2.33. The predicted molar refractivity (Wildman–Crippen MR) is 135 cm³/mol. The van der Waals surface area contributed by atoms with Gasteiger partial charge in [-0.25, -0.2) is 9.37 Å². The van der Waals surface area contributed by atoms with Gasteiger partial charge in [-0.1, -0.05) is 0 Å². The second-order valence-electron chi connectivity index (χ2n) is 9.10. The van der Waals surface area contributed by atoms with Crippen LogP contribution in [-0.2, 0) is 0 Å². The van der Waals surface area contributed by atoms with Gasteiger partial charge >= 0.3 is 6.36 Å². The highest BCUT2D eigenvalue weighted by atomic mass is 19.4. The number of hydrogen-bond donors (Lipinski definition) is 1. The third-order valence-electron chi connectivity index (χ3n) is 6.23. The van der Waals surface area contributed by atoms with Gasteiger partial charge in [-0.05, 0) is 80.4 Å². The lowest BCUT2D eigenvalue weighted by molar-refractivity contribution is -0.274. The van der Waals surface area contributed by atoms with Crippen molar-refractivity contribution in [2.45, 2.75) is 32.2 Å². The molecule has 2 aliphatic carbocycles. The number of hydrogen-bond acceptors (Lipinski definition) is 5. The molecule has 2 aromatic carbocycles. The molecule has 2 heterocycles. The van der Waals surface area contributed by atoms with Crippen molar-refractivity contribution in [3.8, 4) is 22.8 Å². The number of fused-ring (bicyclic) bond motifs is 2. The third kappa shape index (κ3) is 4.89. The van der Waals surface area contributed by atoms with Gasteiger partial charge < -0.3 is 14.6 Å². The Bertz CT molecular complexity index is 1690. The number of aryl methyl sites for hydroxylation is 1. The summed E-state index contributed by atoms with van der Waals surface area (Å²) in [5.74, 6) is -0.784. The lowest BCUT2D eigenvalue weighted by Gasteiger charge is -2.21. The molecule has 38 heavy (non-hydrogen) atoms. The zero-order valence-corrected chi connectivity index (χ0v) is 20.1. The summed E-state index contributed by atoms with van der Waals surface area (Å²) in [6, 6.07) is 17.5. The summed E-state index contributed by atoms with van der Waals surface area (Å²) in [7, 11) is 0. The molecule has 0 bridgehead atoms. The maximum absolute atomic E-state index is 14.2. The number of nitrogens with one attached hydrogen (secondary N) is 1. The standard InChI is InChI=1S/C28H21F4N5O/c1-16-21(3-2-12-33-16)35-22-14-25-27(15-23(22)34-18-5-6-18)37(26-11-4-17(29)13-24(26)36-25)19-7-9-20(10-8-19)38-28(30,31)32/h2-4,7-15,18,35H,5-6H2,1H3/b34-23+. The second-order valence-corrected chi connectivity index (χ2v) is 9.10. The van der Waals surface area contributed by atoms with Gasteiger partial charge in [0.05, 0.1) is 50.9 Å². The summed E-state index contributed by atoms with van der Waals surface area (Å²) >= 11 is 0. The molecule has 192 valence electrons. The first-order valence-electron chi connectivity index (χ1n) is 12.0. The average molecular weight is 520 g/mol. The van der Waals surface area contributed by atoms with Crippen molar-refractivity contribution in [1.82, 2.24) is 14.5 Å². The van der Waals surface area contributed by atoms with Gasteiger partial charge in [0.25, 0.3) is 0 Å². The fourth-order valence-electron chi connectivity index (χ4n) is 4.31. The molecule has 3 aromatic rings. The zero-order valence-electron chi connectivity index (χ0n) is 20.1. The van der Waals surface area contributed by atoms with Crippen molar-refractivity contribution >= 4 is 22.4 Å². The van der Waals surface area contributed by atoms with E-state index in [2.05, 4.69) is 15.0 Å². The number of halogens is 4. The average Bonchev–Trinajstić information content (AvgIpc) is 3.68. The molecular formula is C28H21F4N5O. The first-order chi connectivity index (χ1) is 18.2. The van der Waals surface area contributed by atoms with Crippen LogP contribution in [0.3, 0.4) is 0 Å². The molecule has 0 unspecified atom stereocenters. The quantitative estimate of drug-likeness (QED) is 0.208. The van der Waals surface area contributed by atoms with Crippen LogP contribution in [-0.4, -0.2) is 26.9 Å². The monoisotopic (exact) mass is 519 g/mol. The number of pyridine rings is 1. The van der Waals surface area contributed by atoms with Crippen molar-refractivity contribution in [3.63, 3.8) is 0 Å². The molecule has 1 fully saturated rings. The van der Waals surface area contributed by atoms with Gasteiger partial charge in [0.15, 0.2) is 0 Å². The number of anilines is 2. The van der Waals surface area contributed by atoms with E-state index in [1.165, 1.54) is 36.4 Å². The second kappa shape index (κ2) is 9.13. The molecule has 1 saturated carbocycles. The van der Waals surface area contributed by atoms with Crippen molar-refractivity contribution in [2.75, 3.05) is 5.32 Å². The van der Waals surface area contributed by atoms with E-state index in [9.17, 15) is 17.6 Å². The minimum atomic E-state index is -4.79. The van der Waals surface area contributed by atoms with Gasteiger partial charge in [-0.2, -0.15) is 0 Å². The summed E-state index contributed by atoms with van der Waals surface area (Å²) in [5.41, 5.74) is 5.12. The number of nitrogens with zero attached hydrogens (tertiary/aromatic N) is 4. The molecule has 0 saturated heterocycles. The lowest BCUT2D eigenvalue weighted by Crippen LogP contribution is -2.17. The summed E-state index contributed by atoms with van der Waals surface area (Å²) in [4.78, 5) is 14.0. The van der Waals surface area contributed by atoms with Crippen molar-refractivity contribution < 1.29 is 22.3 Å². The summed E-state index contributed by atoms with van der Waals surface area (Å²) < 4.78 is 58.2. The minimum absolute atomic E-state index is 0.220. The topological polar surface area (TPSA) is 64.3 Å². The molecule has 0 radical (unpaired) electrons. The fraction of sp³-hybridized carbons (Fsp3) is 0.179. The molecule has 1 N–H and O–H groups in total. The normalized spacial score (nSPS) is 14.3. The zero-order chi connectivity index (χ0) is 26.4. The van der Waals surface area contributed by atoms with Crippen LogP contribution >= 0.6 is 0 Å². The van der Waals surface area contributed by atoms with E-state index in [1.807, 2.05) is 35.8 Å². The van der Waals surface area contributed by atoms with Crippen LogP contribution in [0.25, 0.3) is 28.1 Å². The van der Waals surface area contributed by atoms with Gasteiger partial charge in [-0.15, -0.1) is 13.2 Å². The van der Waals surface area contributed by atoms with E-state index in [1.54, 1.807) is 12.3 Å². The third-order valence-corrected chi connectivity index (χ3v) is 6.23. The highest BCUT2D eigenvalue weighted by Gasteiger charge is 2.31. The molecular weight excluding hydrogens is 498 g/mol. The first-order valence-corrected chi connectivity index (χ1v) is 12.0. The Morgan fingerprint density at radius 2 is 1.79 bits per heavy atom. The van der Waals surface area contributed by atoms with E-state index in [0.717, 1.165) is 35.3 Å². The molecule has 6 rings (SSSR count). The molecule has 1 aliphatic heterocycles. The highest BCUT2D eigenvalue weighted by molar-refractivity contribution is 5.84. The number of ether oxygens (including phenoxy) is 1. The number of aromatic nitrogens is 3. The Kier molecular flexibility index (Phi) is 5.74.